The molecule has 0 fully saturated rings. The van der Waals surface area contributed by atoms with Gasteiger partial charge in [0.15, 0.2) is 0 Å². The molecule has 0 aliphatic carbocycles. The van der Waals surface area contributed by atoms with Crippen molar-refractivity contribution in [3.63, 3.8) is 0 Å². The molecule has 0 aliphatic heterocycles. The lowest BCUT2D eigenvalue weighted by molar-refractivity contribution is -0.138. The minimum absolute atomic E-state index is 0.232. The number of anilines is 3. The number of thiazole rings is 2. The zero-order valence-corrected chi connectivity index (χ0v) is 62.4. The molecule has 0 aliphatic rings. The van der Waals surface area contributed by atoms with Crippen molar-refractivity contribution >= 4 is 129 Å². The van der Waals surface area contributed by atoms with E-state index in [9.17, 15) is 28.8 Å². The number of aromatic nitrogens is 4. The molecule has 3 N–H and O–H groups in total. The average Bonchev–Trinajstić information content (AvgIpc) is 1.45. The summed E-state index contributed by atoms with van der Waals surface area (Å²) in [7, 11) is 3.16. The maximum absolute atomic E-state index is 13.5. The SMILES string of the molecule is C=CC(=O)OCCCOc1ccc2cc(C(=O)Oc3ccc(C(=O)Oc4ccc(C#Cc5ccc(OC)cc5)cc4/C=N/Nc4nc5cccnc5s4)cc3C)ccc2c1.C=CC(=O)OCCCOc1ccc2cc(C(=O)Oc3ccc(NC(=O)c4ccccc4/C=N/Nc4nc5ccc(OC)nc5s4)cc3C)ccc2c1. The summed E-state index contributed by atoms with van der Waals surface area (Å²) in [6.45, 7) is 11.5. The molecule has 0 radical (unpaired) electrons. The van der Waals surface area contributed by atoms with Crippen molar-refractivity contribution in [2.75, 3.05) is 56.8 Å². The van der Waals surface area contributed by atoms with Gasteiger partial charge in [0, 0.05) is 70.8 Å². The fraction of sp³-hybridized carbons (Fsp3) is 0.116. The number of hydrogen-bond donors (Lipinski definition) is 3. The number of rotatable bonds is 28. The molecule has 4 heterocycles. The first-order chi connectivity index (χ1) is 54.5. The number of carbonyl (C=O) groups excluding carboxylic acids is 6. The van der Waals surface area contributed by atoms with Crippen LogP contribution in [0.1, 0.15) is 87.7 Å². The molecular formula is C86H69N9O15S2. The Morgan fingerprint density at radius 2 is 0.991 bits per heavy atom. The molecule has 24 nitrogen and oxygen atoms in total. The number of esters is 5. The summed E-state index contributed by atoms with van der Waals surface area (Å²) in [5.41, 5.74) is 13.0. The molecule has 0 saturated carbocycles. The van der Waals surface area contributed by atoms with Gasteiger partial charge in [0.1, 0.15) is 55.2 Å². The molecule has 0 atom stereocenters. The Bertz CT molecular complexity index is 5820. The number of nitrogens with one attached hydrogen (secondary N) is 3. The van der Waals surface area contributed by atoms with Crippen LogP contribution in [0.5, 0.6) is 40.4 Å². The van der Waals surface area contributed by atoms with Gasteiger partial charge < -0.3 is 47.9 Å². The first-order valence-corrected chi connectivity index (χ1v) is 36.3. The van der Waals surface area contributed by atoms with E-state index >= 15 is 0 Å². The molecule has 0 spiro atoms. The molecule has 13 aromatic rings. The third kappa shape index (κ3) is 20.8. The minimum atomic E-state index is -0.623. The number of fused-ring (bicyclic) bond motifs is 4. The van der Waals surface area contributed by atoms with E-state index in [1.807, 2.05) is 91.0 Å². The van der Waals surface area contributed by atoms with Crippen LogP contribution in [0.2, 0.25) is 0 Å². The van der Waals surface area contributed by atoms with Gasteiger partial charge in [-0.2, -0.15) is 10.2 Å². The van der Waals surface area contributed by atoms with Crippen molar-refractivity contribution in [1.82, 2.24) is 19.9 Å². The zero-order chi connectivity index (χ0) is 78.3. The molecule has 0 bridgehead atoms. The second-order valence-electron chi connectivity index (χ2n) is 24.3. The van der Waals surface area contributed by atoms with Crippen molar-refractivity contribution in [1.29, 1.82) is 0 Å². The number of carbonyl (C=O) groups is 6. The highest BCUT2D eigenvalue weighted by Crippen LogP contribution is 2.32. The van der Waals surface area contributed by atoms with Gasteiger partial charge in [-0.05, 0) is 198 Å². The van der Waals surface area contributed by atoms with Crippen LogP contribution in [0.4, 0.5) is 16.0 Å². The Labute approximate surface area is 650 Å². The third-order valence-corrected chi connectivity index (χ3v) is 18.2. The lowest BCUT2D eigenvalue weighted by atomic mass is 10.1. The van der Waals surface area contributed by atoms with E-state index in [2.05, 4.69) is 71.3 Å². The monoisotopic (exact) mass is 1530 g/mol. The molecular weight excluding hydrogens is 1460 g/mol. The van der Waals surface area contributed by atoms with Crippen LogP contribution < -0.4 is 49.3 Å². The van der Waals surface area contributed by atoms with Crippen LogP contribution in [0.25, 0.3) is 42.2 Å². The van der Waals surface area contributed by atoms with Crippen molar-refractivity contribution in [3.8, 4) is 52.2 Å². The van der Waals surface area contributed by atoms with E-state index in [0.717, 1.165) is 55.4 Å². The number of methoxy groups -OCH3 is 2. The van der Waals surface area contributed by atoms with Crippen molar-refractivity contribution in [3.05, 3.63) is 287 Å². The van der Waals surface area contributed by atoms with Gasteiger partial charge in [-0.3, -0.25) is 15.6 Å². The normalized spacial score (nSPS) is 10.9. The molecule has 0 unspecified atom stereocenters. The highest BCUT2D eigenvalue weighted by molar-refractivity contribution is 7.22. The molecule has 26 heteroatoms. The Hall–Kier alpha value is -14.4. The van der Waals surface area contributed by atoms with Crippen LogP contribution >= 0.6 is 22.7 Å². The quantitative estimate of drug-likeness (QED) is 0.00780. The molecule has 4 aromatic heterocycles. The van der Waals surface area contributed by atoms with E-state index < -0.39 is 29.8 Å². The second kappa shape index (κ2) is 37.4. The third-order valence-electron chi connectivity index (χ3n) is 16.5. The Kier molecular flexibility index (Phi) is 25.8. The largest absolute Gasteiger partial charge is 0.497 e. The van der Waals surface area contributed by atoms with Crippen LogP contribution in [0, 0.1) is 25.7 Å². The molecule has 0 saturated heterocycles. The van der Waals surface area contributed by atoms with Gasteiger partial charge in [0.05, 0.1) is 69.8 Å². The van der Waals surface area contributed by atoms with Crippen molar-refractivity contribution in [2.24, 2.45) is 10.2 Å². The molecule has 1 amide bonds. The smallest absolute Gasteiger partial charge is 0.343 e. The summed E-state index contributed by atoms with van der Waals surface area (Å²) in [5.74, 6) is 6.78. The maximum Gasteiger partial charge on any atom is 0.343 e. The van der Waals surface area contributed by atoms with Crippen LogP contribution in [-0.2, 0) is 19.1 Å². The van der Waals surface area contributed by atoms with Gasteiger partial charge in [-0.1, -0.05) is 90.1 Å². The van der Waals surface area contributed by atoms with E-state index in [0.29, 0.717) is 126 Å². The van der Waals surface area contributed by atoms with E-state index in [1.54, 1.807) is 144 Å². The number of ether oxygens (including phenoxy) is 9. The van der Waals surface area contributed by atoms with Crippen LogP contribution in [0.3, 0.4) is 0 Å². The second-order valence-corrected chi connectivity index (χ2v) is 26.2. The maximum atomic E-state index is 13.5. The first kappa shape index (κ1) is 77.2. The predicted molar refractivity (Wildman–Crippen MR) is 431 cm³/mol. The minimum Gasteiger partial charge on any atom is -0.497 e. The molecule has 112 heavy (non-hydrogen) atoms. The van der Waals surface area contributed by atoms with Gasteiger partial charge >= 0.3 is 29.8 Å². The summed E-state index contributed by atoms with van der Waals surface area (Å²) in [6, 6.07) is 58.2. The molecule has 560 valence electrons. The highest BCUT2D eigenvalue weighted by atomic mass is 32.1. The lowest BCUT2D eigenvalue weighted by Gasteiger charge is -2.12. The number of hydrogen-bond acceptors (Lipinski definition) is 25. The zero-order valence-electron chi connectivity index (χ0n) is 60.7. The number of pyridine rings is 2. The van der Waals surface area contributed by atoms with Gasteiger partial charge in [0.25, 0.3) is 5.91 Å². The van der Waals surface area contributed by atoms with Gasteiger partial charge in [-0.15, -0.1) is 0 Å². The van der Waals surface area contributed by atoms with Gasteiger partial charge in [0.2, 0.25) is 16.1 Å². The van der Waals surface area contributed by atoms with E-state index in [-0.39, 0.29) is 30.4 Å². The number of benzene rings is 9. The van der Waals surface area contributed by atoms with E-state index in [1.165, 1.54) is 35.0 Å². The summed E-state index contributed by atoms with van der Waals surface area (Å²) in [6.07, 6.45) is 8.09. The summed E-state index contributed by atoms with van der Waals surface area (Å²) >= 11 is 2.68. The number of nitrogens with zero attached hydrogens (tertiary/aromatic N) is 6. The fourth-order valence-electron chi connectivity index (χ4n) is 10.8. The molecule has 13 rings (SSSR count). The van der Waals surface area contributed by atoms with Gasteiger partial charge in [-0.25, -0.2) is 43.9 Å². The standard InChI is InChI=1S/C47H36N4O8S.C39H33N5O7S/c1-4-43(52)57-24-6-23-56-39-19-15-33-27-36(14-13-34(33)28-39)46(54)58-41-21-16-35(25-30(41)2)45(53)59-42-20-12-32(9-8-31-10-17-38(55-3)18-11-31)26-37(42)29-49-51-47-50-40-7-5-22-48-44(40)60-47;1-4-35(45)50-19-7-18-49-30-14-12-25-21-27(11-10-26(25)22-30)38(47)51-33-16-13-29(20-24(33)2)41-36(46)31-9-6-5-8-28(31)23-40-44-39-42-32-15-17-34(48-3)43-37(32)52-39/h4-5,7,10-22,25-29H,1,6,23-24H2,2-3H3,(H,50,51);4-6,8-17,20-23H,1,7,18-19H2,2-3H3,(H,41,46)(H,42,44)/b49-29+;40-23+. The van der Waals surface area contributed by atoms with E-state index in [4.69, 9.17) is 42.6 Å². The van der Waals surface area contributed by atoms with Crippen molar-refractivity contribution in [2.45, 2.75) is 26.7 Å². The summed E-state index contributed by atoms with van der Waals surface area (Å²) < 4.78 is 49.2. The van der Waals surface area contributed by atoms with Crippen LogP contribution in [0.15, 0.2) is 242 Å². The Morgan fingerprint density at radius 3 is 1.59 bits per heavy atom. The predicted octanol–water partition coefficient (Wildman–Crippen LogP) is 16.5. The summed E-state index contributed by atoms with van der Waals surface area (Å²) in [5, 5.41) is 16.1. The lowest BCUT2D eigenvalue weighted by Crippen LogP contribution is -2.15. The summed E-state index contributed by atoms with van der Waals surface area (Å²) in [4.78, 5) is 94.6. The average molecular weight is 1530 g/mol. The fourth-order valence-corrected chi connectivity index (χ4v) is 12.3. The Morgan fingerprint density at radius 1 is 0.473 bits per heavy atom. The molecule has 9 aromatic carbocycles. The number of hydrazone groups is 2. The highest BCUT2D eigenvalue weighted by Gasteiger charge is 2.20. The first-order valence-electron chi connectivity index (χ1n) is 34.7. The number of aryl methyl sites for hydroxylation is 2. The Balaban J connectivity index is 0.000000210. The topological polar surface area (TPSA) is 298 Å². The van der Waals surface area contributed by atoms with Crippen LogP contribution in [-0.4, -0.2) is 109 Å². The van der Waals surface area contributed by atoms with Crippen molar-refractivity contribution < 1.29 is 71.4 Å². The number of amides is 1.